The largest absolute Gasteiger partial charge is 0.486 e. The maximum absolute atomic E-state index is 13.2. The minimum Gasteiger partial charge on any atom is -0.486 e. The standard InChI is InChI=1S/C12H13FN2O2/c1-15-9-5-14-6-11(9)17-10-4-7(13)2-3-8(10)12(15)16/h2-4,9,11,14H,5-6H2,1H3/t9-,11+/m1/s1. The van der Waals surface area contributed by atoms with Crippen molar-refractivity contribution in [2.24, 2.45) is 0 Å². The van der Waals surface area contributed by atoms with Crippen molar-refractivity contribution >= 4 is 5.91 Å². The van der Waals surface area contributed by atoms with Gasteiger partial charge in [-0.3, -0.25) is 4.79 Å². The summed E-state index contributed by atoms with van der Waals surface area (Å²) in [6, 6.07) is 4.06. The Kier molecular flexibility index (Phi) is 2.29. The predicted octanol–water partition coefficient (Wildman–Crippen LogP) is 0.631. The molecule has 0 radical (unpaired) electrons. The highest BCUT2D eigenvalue weighted by atomic mass is 19.1. The van der Waals surface area contributed by atoms with Gasteiger partial charge in [0, 0.05) is 26.2 Å². The van der Waals surface area contributed by atoms with E-state index in [2.05, 4.69) is 5.32 Å². The minimum absolute atomic E-state index is 0.0120. The molecule has 2 atom stereocenters. The number of amides is 1. The van der Waals surface area contributed by atoms with Gasteiger partial charge in [-0.15, -0.1) is 0 Å². The summed E-state index contributed by atoms with van der Waals surface area (Å²) in [5.74, 6) is -0.155. The quantitative estimate of drug-likeness (QED) is 0.718. The van der Waals surface area contributed by atoms with Gasteiger partial charge in [0.1, 0.15) is 17.7 Å². The number of nitrogens with zero attached hydrogens (tertiary/aromatic N) is 1. The second kappa shape index (κ2) is 3.70. The van der Waals surface area contributed by atoms with Crippen LogP contribution in [0.25, 0.3) is 0 Å². The maximum atomic E-state index is 13.2. The molecule has 0 saturated carbocycles. The number of halogens is 1. The van der Waals surface area contributed by atoms with E-state index in [0.717, 1.165) is 0 Å². The van der Waals surface area contributed by atoms with Crippen LogP contribution in [-0.2, 0) is 0 Å². The maximum Gasteiger partial charge on any atom is 0.257 e. The summed E-state index contributed by atoms with van der Waals surface area (Å²) in [6.07, 6.45) is -0.105. The molecule has 0 aliphatic carbocycles. The van der Waals surface area contributed by atoms with Crippen molar-refractivity contribution < 1.29 is 13.9 Å². The fourth-order valence-corrected chi connectivity index (χ4v) is 2.42. The van der Waals surface area contributed by atoms with Crippen LogP contribution in [-0.4, -0.2) is 43.1 Å². The van der Waals surface area contributed by atoms with Crippen molar-refractivity contribution in [3.8, 4) is 5.75 Å². The molecule has 2 heterocycles. The Labute approximate surface area is 98.4 Å². The lowest BCUT2D eigenvalue weighted by Crippen LogP contribution is -2.44. The highest BCUT2D eigenvalue weighted by molar-refractivity contribution is 5.97. The summed E-state index contributed by atoms with van der Waals surface area (Å²) >= 11 is 0. The van der Waals surface area contributed by atoms with Crippen LogP contribution in [0.15, 0.2) is 18.2 Å². The van der Waals surface area contributed by atoms with Crippen molar-refractivity contribution in [2.45, 2.75) is 12.1 Å². The SMILES string of the molecule is CN1C(=O)c2ccc(F)cc2O[C@H]2CNC[C@H]21. The number of rotatable bonds is 0. The van der Waals surface area contributed by atoms with Crippen molar-refractivity contribution in [3.05, 3.63) is 29.6 Å². The molecule has 1 aromatic carbocycles. The van der Waals surface area contributed by atoms with Crippen LogP contribution < -0.4 is 10.1 Å². The molecule has 2 aliphatic heterocycles. The number of likely N-dealkylation sites (N-methyl/N-ethyl adjacent to an activating group) is 1. The zero-order valence-corrected chi connectivity index (χ0v) is 9.44. The van der Waals surface area contributed by atoms with E-state index in [9.17, 15) is 9.18 Å². The molecule has 0 bridgehead atoms. The number of hydrogen-bond acceptors (Lipinski definition) is 3. The van der Waals surface area contributed by atoms with Crippen LogP contribution in [0, 0.1) is 5.82 Å². The summed E-state index contributed by atoms with van der Waals surface area (Å²) in [7, 11) is 1.76. The summed E-state index contributed by atoms with van der Waals surface area (Å²) in [5.41, 5.74) is 0.434. The van der Waals surface area contributed by atoms with Gasteiger partial charge in [-0.25, -0.2) is 4.39 Å². The summed E-state index contributed by atoms with van der Waals surface area (Å²) < 4.78 is 18.9. The fourth-order valence-electron chi connectivity index (χ4n) is 2.42. The van der Waals surface area contributed by atoms with Gasteiger partial charge in [0.15, 0.2) is 0 Å². The smallest absolute Gasteiger partial charge is 0.257 e. The first-order chi connectivity index (χ1) is 8.16. The third kappa shape index (κ3) is 1.58. The average Bonchev–Trinajstić information content (AvgIpc) is 2.72. The minimum atomic E-state index is -0.386. The second-order valence-electron chi connectivity index (χ2n) is 4.44. The van der Waals surface area contributed by atoms with Crippen molar-refractivity contribution in [3.63, 3.8) is 0 Å². The number of carbonyl (C=O) groups is 1. The molecule has 5 heteroatoms. The average molecular weight is 236 g/mol. The number of carbonyl (C=O) groups excluding carboxylic acids is 1. The van der Waals surface area contributed by atoms with E-state index < -0.39 is 0 Å². The van der Waals surface area contributed by atoms with Gasteiger partial charge in [-0.1, -0.05) is 0 Å². The van der Waals surface area contributed by atoms with Crippen LogP contribution in [0.1, 0.15) is 10.4 Å². The monoisotopic (exact) mass is 236 g/mol. The molecule has 1 fully saturated rings. The van der Waals surface area contributed by atoms with Gasteiger partial charge in [0.2, 0.25) is 0 Å². The zero-order valence-electron chi connectivity index (χ0n) is 9.44. The molecule has 4 nitrogen and oxygen atoms in total. The molecule has 17 heavy (non-hydrogen) atoms. The van der Waals surface area contributed by atoms with E-state index in [4.69, 9.17) is 4.74 Å². The van der Waals surface area contributed by atoms with Crippen LogP contribution >= 0.6 is 0 Å². The van der Waals surface area contributed by atoms with Gasteiger partial charge in [-0.2, -0.15) is 0 Å². The first-order valence-corrected chi connectivity index (χ1v) is 5.61. The number of nitrogens with one attached hydrogen (secondary N) is 1. The highest BCUT2D eigenvalue weighted by Crippen LogP contribution is 2.29. The first-order valence-electron chi connectivity index (χ1n) is 5.61. The van der Waals surface area contributed by atoms with Gasteiger partial charge in [-0.05, 0) is 12.1 Å². The van der Waals surface area contributed by atoms with Crippen LogP contribution in [0.4, 0.5) is 4.39 Å². The molecule has 0 unspecified atom stereocenters. The fraction of sp³-hybridized carbons (Fsp3) is 0.417. The molecule has 90 valence electrons. The lowest BCUT2D eigenvalue weighted by molar-refractivity contribution is 0.0683. The van der Waals surface area contributed by atoms with Gasteiger partial charge in [0.05, 0.1) is 11.6 Å². The Hall–Kier alpha value is -1.62. The number of ether oxygens (including phenoxy) is 1. The highest BCUT2D eigenvalue weighted by Gasteiger charge is 2.38. The Morgan fingerprint density at radius 1 is 1.47 bits per heavy atom. The van der Waals surface area contributed by atoms with Crippen LogP contribution in [0.3, 0.4) is 0 Å². The van der Waals surface area contributed by atoms with Crippen molar-refractivity contribution in [2.75, 3.05) is 20.1 Å². The van der Waals surface area contributed by atoms with Crippen LogP contribution in [0.2, 0.25) is 0 Å². The van der Waals surface area contributed by atoms with E-state index in [1.165, 1.54) is 18.2 Å². The summed E-state index contributed by atoms with van der Waals surface area (Å²) in [5, 5.41) is 3.18. The van der Waals surface area contributed by atoms with Crippen molar-refractivity contribution in [1.29, 1.82) is 0 Å². The Morgan fingerprint density at radius 2 is 2.29 bits per heavy atom. The number of fused-ring (bicyclic) bond motifs is 2. The number of benzene rings is 1. The van der Waals surface area contributed by atoms with E-state index in [1.807, 2.05) is 0 Å². The lowest BCUT2D eigenvalue weighted by Gasteiger charge is -2.24. The lowest BCUT2D eigenvalue weighted by atomic mass is 10.1. The van der Waals surface area contributed by atoms with E-state index in [1.54, 1.807) is 11.9 Å². The van der Waals surface area contributed by atoms with E-state index in [0.29, 0.717) is 24.4 Å². The molecule has 1 amide bonds. The second-order valence-corrected chi connectivity index (χ2v) is 4.44. The topological polar surface area (TPSA) is 41.6 Å². The molecule has 1 aromatic rings. The Balaban J connectivity index is 2.08. The predicted molar refractivity (Wildman–Crippen MR) is 59.6 cm³/mol. The molecular formula is C12H13FN2O2. The molecule has 3 rings (SSSR count). The third-order valence-corrected chi connectivity index (χ3v) is 3.40. The summed E-state index contributed by atoms with van der Waals surface area (Å²) in [4.78, 5) is 13.9. The van der Waals surface area contributed by atoms with Gasteiger partial charge < -0.3 is 15.0 Å². The summed E-state index contributed by atoms with van der Waals surface area (Å²) in [6.45, 7) is 1.39. The molecular weight excluding hydrogens is 223 g/mol. The Morgan fingerprint density at radius 3 is 3.12 bits per heavy atom. The Bertz CT molecular complexity index is 478. The molecule has 0 aromatic heterocycles. The van der Waals surface area contributed by atoms with Crippen molar-refractivity contribution in [1.82, 2.24) is 10.2 Å². The van der Waals surface area contributed by atoms with Gasteiger partial charge >= 0.3 is 0 Å². The normalized spacial score (nSPS) is 27.2. The number of hydrogen-bond donors (Lipinski definition) is 1. The van der Waals surface area contributed by atoms with E-state index in [-0.39, 0.29) is 23.9 Å². The third-order valence-electron chi connectivity index (χ3n) is 3.40. The van der Waals surface area contributed by atoms with Gasteiger partial charge in [0.25, 0.3) is 5.91 Å². The van der Waals surface area contributed by atoms with Crippen LogP contribution in [0.5, 0.6) is 5.75 Å². The molecule has 1 saturated heterocycles. The first kappa shape index (κ1) is 10.5. The zero-order chi connectivity index (χ0) is 12.0. The van der Waals surface area contributed by atoms with E-state index >= 15 is 0 Å². The molecule has 0 spiro atoms. The molecule has 2 aliphatic rings. The molecule has 1 N–H and O–H groups in total.